The van der Waals surface area contributed by atoms with E-state index >= 15 is 0 Å². The molecule has 0 radical (unpaired) electrons. The number of hydrogen-bond donors (Lipinski definition) is 1. The highest BCUT2D eigenvalue weighted by Crippen LogP contribution is 2.30. The summed E-state index contributed by atoms with van der Waals surface area (Å²) in [5.41, 5.74) is 2.98. The molecular formula is C19H14ClN3O2. The summed E-state index contributed by atoms with van der Waals surface area (Å²) in [4.78, 5) is 30.4. The second-order valence-corrected chi connectivity index (χ2v) is 6.57. The molecule has 0 fully saturated rings. The number of fused-ring (bicyclic) bond motifs is 2. The molecule has 5 nitrogen and oxygen atoms in total. The van der Waals surface area contributed by atoms with Gasteiger partial charge in [-0.1, -0.05) is 23.7 Å². The van der Waals surface area contributed by atoms with Crippen molar-refractivity contribution >= 4 is 22.5 Å². The van der Waals surface area contributed by atoms with Gasteiger partial charge in [0.1, 0.15) is 0 Å². The monoisotopic (exact) mass is 351 g/mol. The van der Waals surface area contributed by atoms with Crippen molar-refractivity contribution in [2.45, 2.75) is 13.8 Å². The Morgan fingerprint density at radius 3 is 2.44 bits per heavy atom. The number of nitrogens with one attached hydrogen (secondary N) is 1. The van der Waals surface area contributed by atoms with Crippen LogP contribution in [0.1, 0.15) is 11.1 Å². The van der Waals surface area contributed by atoms with Gasteiger partial charge >= 0.3 is 5.69 Å². The van der Waals surface area contributed by atoms with E-state index in [1.807, 2.05) is 36.6 Å². The van der Waals surface area contributed by atoms with Crippen LogP contribution in [0, 0.1) is 13.8 Å². The Balaban J connectivity index is 2.27. The molecule has 124 valence electrons. The van der Waals surface area contributed by atoms with Crippen molar-refractivity contribution in [3.63, 3.8) is 0 Å². The predicted molar refractivity (Wildman–Crippen MR) is 99.1 cm³/mol. The minimum Gasteiger partial charge on any atom is -0.294 e. The lowest BCUT2D eigenvalue weighted by Crippen LogP contribution is -2.27. The lowest BCUT2D eigenvalue weighted by atomic mass is 10.1. The van der Waals surface area contributed by atoms with Gasteiger partial charge in [0.05, 0.1) is 11.1 Å². The highest BCUT2D eigenvalue weighted by atomic mass is 35.5. The number of H-pyrrole nitrogens is 1. The number of aromatic amines is 1. The van der Waals surface area contributed by atoms with Crippen LogP contribution in [0.5, 0.6) is 0 Å². The first-order valence-electron chi connectivity index (χ1n) is 7.76. The molecular weight excluding hydrogens is 338 g/mol. The van der Waals surface area contributed by atoms with E-state index in [1.54, 1.807) is 18.2 Å². The second kappa shape index (κ2) is 5.57. The number of halogens is 1. The number of rotatable bonds is 1. The average Bonchev–Trinajstić information content (AvgIpc) is 2.52. The third kappa shape index (κ3) is 2.62. The summed E-state index contributed by atoms with van der Waals surface area (Å²) in [6.07, 6.45) is 0. The molecule has 2 aliphatic heterocycles. The number of benzene rings is 2. The number of hydrogen-bond acceptors (Lipinski definition) is 3. The molecule has 0 aromatic heterocycles. The Kier molecular flexibility index (Phi) is 3.47. The third-order valence-electron chi connectivity index (χ3n) is 4.12. The zero-order chi connectivity index (χ0) is 17.7. The zero-order valence-corrected chi connectivity index (χ0v) is 14.4. The highest BCUT2D eigenvalue weighted by Gasteiger charge is 2.18. The molecule has 0 unspecified atom stereocenters. The van der Waals surface area contributed by atoms with Gasteiger partial charge in [0, 0.05) is 10.7 Å². The van der Waals surface area contributed by atoms with E-state index in [1.165, 1.54) is 0 Å². The summed E-state index contributed by atoms with van der Waals surface area (Å²) >= 11 is 6.19. The van der Waals surface area contributed by atoms with E-state index in [-0.39, 0.29) is 0 Å². The van der Waals surface area contributed by atoms with E-state index in [9.17, 15) is 9.59 Å². The van der Waals surface area contributed by atoms with Gasteiger partial charge in [-0.2, -0.15) is 4.98 Å². The molecule has 2 aliphatic rings. The van der Waals surface area contributed by atoms with Crippen LogP contribution in [0.15, 0.2) is 52.1 Å². The first-order chi connectivity index (χ1) is 11.9. The summed E-state index contributed by atoms with van der Waals surface area (Å²) in [7, 11) is 0. The minimum atomic E-state index is -0.669. The largest absolute Gasteiger partial charge is 0.349 e. The van der Waals surface area contributed by atoms with Gasteiger partial charge in [0.25, 0.3) is 5.56 Å². The summed E-state index contributed by atoms with van der Waals surface area (Å²) in [5.74, 6) is 0.313. The van der Waals surface area contributed by atoms with Crippen LogP contribution < -0.4 is 11.2 Å². The van der Waals surface area contributed by atoms with Crippen molar-refractivity contribution in [2.75, 3.05) is 0 Å². The molecule has 0 saturated carbocycles. The normalized spacial score (nSPS) is 11.3. The maximum atomic E-state index is 12.3. The lowest BCUT2D eigenvalue weighted by Gasteiger charge is -2.18. The van der Waals surface area contributed by atoms with Crippen molar-refractivity contribution in [3.05, 3.63) is 79.5 Å². The molecule has 4 rings (SSSR count). The van der Waals surface area contributed by atoms with Crippen LogP contribution >= 0.6 is 11.6 Å². The van der Waals surface area contributed by atoms with E-state index in [2.05, 4.69) is 16.0 Å². The zero-order valence-electron chi connectivity index (χ0n) is 13.6. The Morgan fingerprint density at radius 2 is 1.72 bits per heavy atom. The number of aromatic nitrogens is 3. The van der Waals surface area contributed by atoms with Gasteiger partial charge in [-0.25, -0.2) is 4.79 Å². The van der Waals surface area contributed by atoms with Gasteiger partial charge in [-0.3, -0.25) is 14.3 Å². The molecule has 0 atom stereocenters. The lowest BCUT2D eigenvalue weighted by molar-refractivity contribution is 0.958. The predicted octanol–water partition coefficient (Wildman–Crippen LogP) is 3.45. The van der Waals surface area contributed by atoms with Crippen LogP contribution in [0.3, 0.4) is 0 Å². The first-order valence-corrected chi connectivity index (χ1v) is 8.14. The quantitative estimate of drug-likeness (QED) is 0.534. The molecule has 0 bridgehead atoms. The Morgan fingerprint density at radius 1 is 1.00 bits per heavy atom. The summed E-state index contributed by atoms with van der Waals surface area (Å²) < 4.78 is 1.81. The van der Waals surface area contributed by atoms with Gasteiger partial charge in [-0.15, -0.1) is 0 Å². The Hall–Kier alpha value is -2.92. The van der Waals surface area contributed by atoms with E-state index in [0.29, 0.717) is 16.4 Å². The Bertz CT molecular complexity index is 1200. The van der Waals surface area contributed by atoms with Crippen LogP contribution in [0.4, 0.5) is 0 Å². The van der Waals surface area contributed by atoms with Gasteiger partial charge < -0.3 is 0 Å². The van der Waals surface area contributed by atoms with Gasteiger partial charge in [-0.05, 0) is 60.7 Å². The standard InChI is InChI=1S/C19H14ClN3O2/c1-10-5-11(2)7-14(6-10)23-16-9-13(20)4-3-12(16)8-15-17(23)21-19(25)22-18(15)24/h3-9H,1-2H3,(H,22,24,25). The SMILES string of the molecule is Cc1cc(C)cc(-n2c3nc(=O)[nH]c(=O)c-3cc3ccc(Cl)cc32)c1. The van der Waals surface area contributed by atoms with E-state index in [0.717, 1.165) is 27.7 Å². The minimum absolute atomic E-state index is 0.313. The van der Waals surface area contributed by atoms with E-state index in [4.69, 9.17) is 11.6 Å². The van der Waals surface area contributed by atoms with E-state index < -0.39 is 11.2 Å². The topological polar surface area (TPSA) is 67.8 Å². The summed E-state index contributed by atoms with van der Waals surface area (Å²) in [6.45, 7) is 3.99. The third-order valence-corrected chi connectivity index (χ3v) is 4.36. The van der Waals surface area contributed by atoms with Crippen LogP contribution in [0.2, 0.25) is 5.02 Å². The fraction of sp³-hybridized carbons (Fsp3) is 0.105. The Labute approximate surface area is 147 Å². The molecule has 0 aliphatic carbocycles. The molecule has 0 amide bonds. The highest BCUT2D eigenvalue weighted by molar-refractivity contribution is 6.31. The molecule has 25 heavy (non-hydrogen) atoms. The molecule has 0 spiro atoms. The number of nitrogens with zero attached hydrogens (tertiary/aromatic N) is 2. The van der Waals surface area contributed by atoms with Crippen molar-refractivity contribution in [3.8, 4) is 17.1 Å². The molecule has 0 saturated heterocycles. The number of pyridine rings is 1. The average molecular weight is 352 g/mol. The second-order valence-electron chi connectivity index (χ2n) is 6.14. The molecule has 2 aromatic rings. The molecule has 2 heterocycles. The smallest absolute Gasteiger partial charge is 0.294 e. The fourth-order valence-electron chi connectivity index (χ4n) is 3.19. The van der Waals surface area contributed by atoms with Crippen molar-refractivity contribution in [2.24, 2.45) is 0 Å². The van der Waals surface area contributed by atoms with Crippen LogP contribution in [-0.2, 0) is 0 Å². The maximum absolute atomic E-state index is 12.3. The van der Waals surface area contributed by atoms with Crippen molar-refractivity contribution in [1.29, 1.82) is 0 Å². The van der Waals surface area contributed by atoms with Gasteiger partial charge in [0.15, 0.2) is 5.82 Å². The molecule has 6 heteroatoms. The first kappa shape index (κ1) is 15.6. The fourth-order valence-corrected chi connectivity index (χ4v) is 3.36. The molecule has 2 aromatic carbocycles. The molecule has 1 N–H and O–H groups in total. The van der Waals surface area contributed by atoms with Crippen molar-refractivity contribution < 1.29 is 0 Å². The summed E-state index contributed by atoms with van der Waals surface area (Å²) in [6, 6.07) is 13.2. The maximum Gasteiger partial charge on any atom is 0.349 e. The van der Waals surface area contributed by atoms with Gasteiger partial charge in [0.2, 0.25) is 0 Å². The number of aryl methyl sites for hydroxylation is 2. The van der Waals surface area contributed by atoms with Crippen molar-refractivity contribution in [1.82, 2.24) is 14.5 Å². The van der Waals surface area contributed by atoms with Crippen LogP contribution in [-0.4, -0.2) is 14.5 Å². The summed E-state index contributed by atoms with van der Waals surface area (Å²) in [5, 5.41) is 1.40. The van der Waals surface area contributed by atoms with Crippen LogP contribution in [0.25, 0.3) is 28.0 Å².